The number of halogens is 2. The molecule has 0 saturated carbocycles. The van der Waals surface area contributed by atoms with E-state index < -0.39 is 0 Å². The Morgan fingerprint density at radius 1 is 1.45 bits per heavy atom. The van der Waals surface area contributed by atoms with Crippen LogP contribution in [-0.2, 0) is 13.5 Å². The summed E-state index contributed by atoms with van der Waals surface area (Å²) in [5, 5.41) is 4.89. The van der Waals surface area contributed by atoms with E-state index in [9.17, 15) is 4.39 Å². The van der Waals surface area contributed by atoms with Crippen LogP contribution in [0.3, 0.4) is 0 Å². The minimum Gasteiger partial charge on any atom is -0.271 e. The topological polar surface area (TPSA) is 55.9 Å². The number of benzene rings is 1. The second-order valence-electron chi connectivity index (χ2n) is 4.90. The first kappa shape index (κ1) is 15.0. The summed E-state index contributed by atoms with van der Waals surface area (Å²) in [6.07, 6.45) is 0.537. The highest BCUT2D eigenvalue weighted by atomic mass is 35.5. The summed E-state index contributed by atoms with van der Waals surface area (Å²) in [5.41, 5.74) is 5.75. The molecule has 0 radical (unpaired) electrons. The molecule has 20 heavy (non-hydrogen) atoms. The molecule has 0 amide bonds. The normalized spacial score (nSPS) is 12.7. The third-order valence-corrected chi connectivity index (χ3v) is 3.95. The number of nitrogens with two attached hydrogens (primary N) is 1. The Balaban J connectivity index is 2.31. The van der Waals surface area contributed by atoms with Crippen LogP contribution in [0, 0.1) is 19.7 Å². The highest BCUT2D eigenvalue weighted by molar-refractivity contribution is 6.31. The molecule has 0 saturated heterocycles. The predicted octanol–water partition coefficient (Wildman–Crippen LogP) is 2.58. The standard InChI is InChI=1S/C14H18ClFN4/c1-8-4-5-10(6-11(8)16)12(18-17)7-13-14(15)9(2)19-20(13)3/h4-6,12,18H,7,17H2,1-3H3. The molecule has 2 rings (SSSR count). The first-order chi connectivity index (χ1) is 9.43. The first-order valence-corrected chi connectivity index (χ1v) is 6.72. The third-order valence-electron chi connectivity index (χ3n) is 3.46. The second kappa shape index (κ2) is 5.91. The van der Waals surface area contributed by atoms with Gasteiger partial charge in [-0.3, -0.25) is 16.0 Å². The van der Waals surface area contributed by atoms with Crippen molar-refractivity contribution >= 4 is 11.6 Å². The van der Waals surface area contributed by atoms with Gasteiger partial charge in [0.1, 0.15) is 5.82 Å². The van der Waals surface area contributed by atoms with Crippen LogP contribution in [0.25, 0.3) is 0 Å². The van der Waals surface area contributed by atoms with Crippen molar-refractivity contribution in [1.82, 2.24) is 15.2 Å². The molecule has 4 nitrogen and oxygen atoms in total. The van der Waals surface area contributed by atoms with Gasteiger partial charge in [-0.2, -0.15) is 5.10 Å². The molecule has 1 aromatic heterocycles. The van der Waals surface area contributed by atoms with Gasteiger partial charge in [0.05, 0.1) is 22.5 Å². The van der Waals surface area contributed by atoms with E-state index in [0.29, 0.717) is 17.0 Å². The molecule has 0 spiro atoms. The molecule has 1 unspecified atom stereocenters. The SMILES string of the molecule is Cc1ccc(C(Cc2c(Cl)c(C)nn2C)NN)cc1F. The van der Waals surface area contributed by atoms with Crippen molar-refractivity contribution in [2.75, 3.05) is 0 Å². The minimum absolute atomic E-state index is 0.225. The van der Waals surface area contributed by atoms with Gasteiger partial charge in [-0.05, 0) is 31.0 Å². The van der Waals surface area contributed by atoms with E-state index in [1.165, 1.54) is 6.07 Å². The monoisotopic (exact) mass is 296 g/mol. The highest BCUT2D eigenvalue weighted by Gasteiger charge is 2.18. The highest BCUT2D eigenvalue weighted by Crippen LogP contribution is 2.26. The van der Waals surface area contributed by atoms with Gasteiger partial charge in [0.15, 0.2) is 0 Å². The number of nitrogens with zero attached hydrogens (tertiary/aromatic N) is 2. The van der Waals surface area contributed by atoms with Gasteiger partial charge in [-0.25, -0.2) is 4.39 Å². The van der Waals surface area contributed by atoms with Crippen LogP contribution in [0.2, 0.25) is 5.02 Å². The number of aromatic nitrogens is 2. The maximum Gasteiger partial charge on any atom is 0.126 e. The Morgan fingerprint density at radius 2 is 2.15 bits per heavy atom. The lowest BCUT2D eigenvalue weighted by Crippen LogP contribution is -2.30. The van der Waals surface area contributed by atoms with Crippen molar-refractivity contribution in [2.45, 2.75) is 26.3 Å². The molecule has 3 N–H and O–H groups in total. The zero-order chi connectivity index (χ0) is 14.9. The third kappa shape index (κ3) is 2.85. The molecule has 0 aliphatic heterocycles. The van der Waals surface area contributed by atoms with Gasteiger partial charge in [0.25, 0.3) is 0 Å². The number of nitrogens with one attached hydrogen (secondary N) is 1. The minimum atomic E-state index is -0.241. The van der Waals surface area contributed by atoms with Gasteiger partial charge < -0.3 is 0 Å². The number of hydrazine groups is 1. The average Bonchev–Trinajstić information content (AvgIpc) is 2.65. The summed E-state index contributed by atoms with van der Waals surface area (Å²) in [4.78, 5) is 0. The molecule has 1 heterocycles. The zero-order valence-corrected chi connectivity index (χ0v) is 12.5. The summed E-state index contributed by atoms with van der Waals surface area (Å²) >= 11 is 6.23. The van der Waals surface area contributed by atoms with E-state index in [2.05, 4.69) is 10.5 Å². The molecule has 0 aliphatic carbocycles. The van der Waals surface area contributed by atoms with E-state index in [1.54, 1.807) is 17.7 Å². The van der Waals surface area contributed by atoms with Gasteiger partial charge in [-0.15, -0.1) is 0 Å². The Kier molecular flexibility index (Phi) is 4.42. The van der Waals surface area contributed by atoms with Crippen LogP contribution < -0.4 is 11.3 Å². The molecule has 1 atom stereocenters. The number of hydrogen-bond donors (Lipinski definition) is 2. The maximum atomic E-state index is 13.7. The number of aryl methyl sites for hydroxylation is 3. The van der Waals surface area contributed by atoms with Gasteiger partial charge in [-0.1, -0.05) is 23.7 Å². The summed E-state index contributed by atoms with van der Waals surface area (Å²) in [6.45, 7) is 3.58. The van der Waals surface area contributed by atoms with Gasteiger partial charge >= 0.3 is 0 Å². The Labute approximate surface area is 122 Å². The largest absolute Gasteiger partial charge is 0.271 e. The van der Waals surface area contributed by atoms with Crippen molar-refractivity contribution in [1.29, 1.82) is 0 Å². The van der Waals surface area contributed by atoms with E-state index >= 15 is 0 Å². The summed E-state index contributed by atoms with van der Waals surface area (Å²) in [5.74, 6) is 5.36. The molecule has 0 aliphatic rings. The lowest BCUT2D eigenvalue weighted by Gasteiger charge is -2.17. The smallest absolute Gasteiger partial charge is 0.126 e. The van der Waals surface area contributed by atoms with E-state index in [-0.39, 0.29) is 11.9 Å². The summed E-state index contributed by atoms with van der Waals surface area (Å²) in [6, 6.07) is 4.87. The van der Waals surface area contributed by atoms with Crippen LogP contribution >= 0.6 is 11.6 Å². The molecule has 1 aromatic carbocycles. The fourth-order valence-corrected chi connectivity index (χ4v) is 2.43. The van der Waals surface area contributed by atoms with Crippen LogP contribution in [0.5, 0.6) is 0 Å². The average molecular weight is 297 g/mol. The molecule has 6 heteroatoms. The zero-order valence-electron chi connectivity index (χ0n) is 11.7. The molecule has 0 fully saturated rings. The maximum absolute atomic E-state index is 13.7. The Hall–Kier alpha value is -1.43. The predicted molar refractivity (Wildman–Crippen MR) is 77.9 cm³/mol. The van der Waals surface area contributed by atoms with E-state index in [4.69, 9.17) is 17.4 Å². The van der Waals surface area contributed by atoms with Crippen molar-refractivity contribution in [3.8, 4) is 0 Å². The lowest BCUT2D eigenvalue weighted by atomic mass is 10.0. The second-order valence-corrected chi connectivity index (χ2v) is 5.28. The van der Waals surface area contributed by atoms with Crippen LogP contribution in [-0.4, -0.2) is 9.78 Å². The van der Waals surface area contributed by atoms with Crippen molar-refractivity contribution in [3.05, 3.63) is 51.6 Å². The fourth-order valence-electron chi connectivity index (χ4n) is 2.19. The molecule has 0 bridgehead atoms. The summed E-state index contributed by atoms with van der Waals surface area (Å²) in [7, 11) is 1.83. The van der Waals surface area contributed by atoms with Crippen molar-refractivity contribution < 1.29 is 4.39 Å². The van der Waals surface area contributed by atoms with Gasteiger partial charge in [0, 0.05) is 13.5 Å². The van der Waals surface area contributed by atoms with E-state index in [0.717, 1.165) is 17.0 Å². The van der Waals surface area contributed by atoms with Crippen molar-refractivity contribution in [3.63, 3.8) is 0 Å². The van der Waals surface area contributed by atoms with Crippen molar-refractivity contribution in [2.24, 2.45) is 12.9 Å². The van der Waals surface area contributed by atoms with Crippen LogP contribution in [0.4, 0.5) is 4.39 Å². The van der Waals surface area contributed by atoms with Gasteiger partial charge in [0.2, 0.25) is 0 Å². The Morgan fingerprint density at radius 3 is 2.65 bits per heavy atom. The molecule has 108 valence electrons. The first-order valence-electron chi connectivity index (χ1n) is 6.34. The number of hydrogen-bond acceptors (Lipinski definition) is 3. The molecular weight excluding hydrogens is 279 g/mol. The van der Waals surface area contributed by atoms with E-state index in [1.807, 2.05) is 20.0 Å². The Bertz CT molecular complexity index is 624. The number of rotatable bonds is 4. The van der Waals surface area contributed by atoms with Crippen LogP contribution in [0.15, 0.2) is 18.2 Å². The quantitative estimate of drug-likeness (QED) is 0.673. The van der Waals surface area contributed by atoms with Crippen LogP contribution in [0.1, 0.15) is 28.6 Å². The molecule has 2 aromatic rings. The molecular formula is C14H18ClFN4. The lowest BCUT2D eigenvalue weighted by molar-refractivity contribution is 0.524. The summed E-state index contributed by atoms with van der Waals surface area (Å²) < 4.78 is 15.4. The fraction of sp³-hybridized carbons (Fsp3) is 0.357.